The van der Waals surface area contributed by atoms with Crippen molar-refractivity contribution in [1.82, 2.24) is 5.32 Å². The summed E-state index contributed by atoms with van der Waals surface area (Å²) >= 11 is 5.97. The Morgan fingerprint density at radius 1 is 1.39 bits per heavy atom. The van der Waals surface area contributed by atoms with Gasteiger partial charge < -0.3 is 10.6 Å². The molecule has 0 atom stereocenters. The lowest BCUT2D eigenvalue weighted by atomic mass is 10.1. The number of nitrogens with one attached hydrogen (secondary N) is 3. The fourth-order valence-corrected chi connectivity index (χ4v) is 1.94. The number of halogens is 1. The van der Waals surface area contributed by atoms with Gasteiger partial charge in [-0.25, -0.2) is 0 Å². The SMILES string of the molecule is CCc1cc(Cl)ccc1N(CC)C(=N)NC(=N)N. The summed E-state index contributed by atoms with van der Waals surface area (Å²) in [4.78, 5) is 1.75. The Morgan fingerprint density at radius 2 is 2.06 bits per heavy atom. The first kappa shape index (κ1) is 14.3. The van der Waals surface area contributed by atoms with Gasteiger partial charge in [-0.15, -0.1) is 0 Å². The Bertz CT molecular complexity index is 458. The summed E-state index contributed by atoms with van der Waals surface area (Å²) in [7, 11) is 0. The Hall–Kier alpha value is -1.75. The lowest BCUT2D eigenvalue weighted by molar-refractivity contribution is 0.981. The van der Waals surface area contributed by atoms with E-state index in [1.54, 1.807) is 11.0 Å². The van der Waals surface area contributed by atoms with E-state index in [0.717, 1.165) is 17.7 Å². The van der Waals surface area contributed by atoms with Gasteiger partial charge in [-0.1, -0.05) is 18.5 Å². The Morgan fingerprint density at radius 3 is 2.56 bits per heavy atom. The Balaban J connectivity index is 3.08. The summed E-state index contributed by atoms with van der Waals surface area (Å²) < 4.78 is 0. The van der Waals surface area contributed by atoms with E-state index in [-0.39, 0.29) is 11.9 Å². The normalized spacial score (nSPS) is 9.94. The number of rotatable bonds is 3. The number of benzene rings is 1. The molecule has 0 aliphatic heterocycles. The fraction of sp³-hybridized carbons (Fsp3) is 0.333. The molecule has 1 rings (SSSR count). The molecule has 5 nitrogen and oxygen atoms in total. The maximum Gasteiger partial charge on any atom is 0.202 e. The van der Waals surface area contributed by atoms with E-state index < -0.39 is 0 Å². The Labute approximate surface area is 112 Å². The molecule has 0 spiro atoms. The average Bonchev–Trinajstić information content (AvgIpc) is 2.30. The van der Waals surface area contributed by atoms with E-state index in [1.165, 1.54) is 0 Å². The predicted molar refractivity (Wildman–Crippen MR) is 76.6 cm³/mol. The highest BCUT2D eigenvalue weighted by Crippen LogP contribution is 2.24. The highest BCUT2D eigenvalue weighted by molar-refractivity contribution is 6.30. The van der Waals surface area contributed by atoms with Crippen molar-refractivity contribution in [3.8, 4) is 0 Å². The van der Waals surface area contributed by atoms with Crippen molar-refractivity contribution in [1.29, 1.82) is 10.8 Å². The van der Waals surface area contributed by atoms with Crippen LogP contribution in [0.3, 0.4) is 0 Å². The van der Waals surface area contributed by atoms with Crippen LogP contribution in [0.5, 0.6) is 0 Å². The monoisotopic (exact) mass is 267 g/mol. The largest absolute Gasteiger partial charge is 0.370 e. The van der Waals surface area contributed by atoms with Crippen molar-refractivity contribution in [2.45, 2.75) is 20.3 Å². The first-order valence-electron chi connectivity index (χ1n) is 5.75. The van der Waals surface area contributed by atoms with E-state index >= 15 is 0 Å². The van der Waals surface area contributed by atoms with Crippen LogP contribution < -0.4 is 16.0 Å². The summed E-state index contributed by atoms with van der Waals surface area (Å²) in [5.74, 6) is -0.160. The third-order valence-corrected chi connectivity index (χ3v) is 2.79. The van der Waals surface area contributed by atoms with Gasteiger partial charge in [0.05, 0.1) is 0 Å². The number of hydrogen-bond donors (Lipinski definition) is 4. The molecule has 0 aliphatic rings. The van der Waals surface area contributed by atoms with Gasteiger partial charge >= 0.3 is 0 Å². The van der Waals surface area contributed by atoms with Gasteiger partial charge in [-0.05, 0) is 37.1 Å². The minimum absolute atomic E-state index is 0.0852. The van der Waals surface area contributed by atoms with Crippen LogP contribution in [0, 0.1) is 10.8 Å². The van der Waals surface area contributed by atoms with Gasteiger partial charge in [-0.2, -0.15) is 0 Å². The molecule has 0 unspecified atom stereocenters. The van der Waals surface area contributed by atoms with E-state index in [0.29, 0.717) is 11.6 Å². The van der Waals surface area contributed by atoms with Crippen LogP contribution in [0.15, 0.2) is 18.2 Å². The molecule has 1 aromatic rings. The zero-order valence-corrected chi connectivity index (χ0v) is 11.3. The van der Waals surface area contributed by atoms with Gasteiger partial charge in [0.1, 0.15) is 0 Å². The lowest BCUT2D eigenvalue weighted by Crippen LogP contribution is -2.46. The predicted octanol–water partition coefficient (Wildman–Crippen LogP) is 2.15. The number of nitrogens with zero attached hydrogens (tertiary/aromatic N) is 1. The van der Waals surface area contributed by atoms with E-state index in [4.69, 9.17) is 28.2 Å². The van der Waals surface area contributed by atoms with Crippen molar-refractivity contribution in [2.24, 2.45) is 5.73 Å². The topological polar surface area (TPSA) is 89.0 Å². The minimum atomic E-state index is -0.245. The molecular formula is C12H18ClN5. The molecule has 0 saturated carbocycles. The molecular weight excluding hydrogens is 250 g/mol. The van der Waals surface area contributed by atoms with E-state index in [2.05, 4.69) is 5.32 Å². The molecule has 0 amide bonds. The van der Waals surface area contributed by atoms with Crippen LogP contribution in [0.25, 0.3) is 0 Å². The maximum atomic E-state index is 7.90. The third kappa shape index (κ3) is 3.37. The standard InChI is InChI=1S/C12H18ClN5/c1-3-8-7-9(13)5-6-10(8)18(4-2)12(16)17-11(14)15/h5-7H,3-4H2,1-2H3,(H5,14,15,16,17). The summed E-state index contributed by atoms with van der Waals surface area (Å²) in [6.07, 6.45) is 0.819. The highest BCUT2D eigenvalue weighted by atomic mass is 35.5. The van der Waals surface area contributed by atoms with Crippen LogP contribution in [0.1, 0.15) is 19.4 Å². The first-order valence-corrected chi connectivity index (χ1v) is 6.12. The third-order valence-electron chi connectivity index (χ3n) is 2.55. The van der Waals surface area contributed by atoms with Gasteiger partial charge in [0.15, 0.2) is 5.96 Å². The van der Waals surface area contributed by atoms with Crippen LogP contribution in [0.4, 0.5) is 5.69 Å². The molecule has 0 radical (unpaired) electrons. The fourth-order valence-electron chi connectivity index (χ4n) is 1.74. The van der Waals surface area contributed by atoms with Crippen LogP contribution in [0.2, 0.25) is 5.02 Å². The van der Waals surface area contributed by atoms with Gasteiger partial charge in [0.2, 0.25) is 5.96 Å². The van der Waals surface area contributed by atoms with Crippen molar-refractivity contribution >= 4 is 29.2 Å². The second-order valence-corrected chi connectivity index (χ2v) is 4.19. The summed E-state index contributed by atoms with van der Waals surface area (Å²) in [5.41, 5.74) is 7.20. The first-order chi connectivity index (χ1) is 8.49. The number of anilines is 1. The van der Waals surface area contributed by atoms with Crippen LogP contribution in [-0.2, 0) is 6.42 Å². The molecule has 0 saturated heterocycles. The molecule has 0 heterocycles. The molecule has 6 heteroatoms. The van der Waals surface area contributed by atoms with Gasteiger partial charge in [-0.3, -0.25) is 16.1 Å². The van der Waals surface area contributed by atoms with Crippen molar-refractivity contribution in [3.05, 3.63) is 28.8 Å². The number of aryl methyl sites for hydroxylation is 1. The van der Waals surface area contributed by atoms with Crippen molar-refractivity contribution in [3.63, 3.8) is 0 Å². The summed E-state index contributed by atoms with van der Waals surface area (Å²) in [5, 5.41) is 18.2. The maximum absolute atomic E-state index is 7.90. The summed E-state index contributed by atoms with van der Waals surface area (Å²) in [6, 6.07) is 5.56. The highest BCUT2D eigenvalue weighted by Gasteiger charge is 2.14. The molecule has 5 N–H and O–H groups in total. The zero-order valence-electron chi connectivity index (χ0n) is 10.5. The van der Waals surface area contributed by atoms with E-state index in [9.17, 15) is 0 Å². The van der Waals surface area contributed by atoms with Crippen molar-refractivity contribution in [2.75, 3.05) is 11.4 Å². The second-order valence-electron chi connectivity index (χ2n) is 3.76. The van der Waals surface area contributed by atoms with Crippen molar-refractivity contribution < 1.29 is 0 Å². The molecule has 98 valence electrons. The molecule has 0 aliphatic carbocycles. The van der Waals surface area contributed by atoms with Crippen LogP contribution in [-0.4, -0.2) is 18.5 Å². The molecule has 0 fully saturated rings. The molecule has 18 heavy (non-hydrogen) atoms. The number of hydrogen-bond acceptors (Lipinski definition) is 2. The van der Waals surface area contributed by atoms with Gasteiger partial charge in [0.25, 0.3) is 0 Å². The quantitative estimate of drug-likeness (QED) is 0.500. The Kier molecular flexibility index (Phi) is 4.97. The molecule has 0 aromatic heterocycles. The number of nitrogens with two attached hydrogens (primary N) is 1. The van der Waals surface area contributed by atoms with Gasteiger partial charge in [0, 0.05) is 17.3 Å². The smallest absolute Gasteiger partial charge is 0.202 e. The second kappa shape index (κ2) is 6.26. The number of guanidine groups is 2. The van der Waals surface area contributed by atoms with E-state index in [1.807, 2.05) is 26.0 Å². The lowest BCUT2D eigenvalue weighted by Gasteiger charge is -2.26. The summed E-state index contributed by atoms with van der Waals surface area (Å²) in [6.45, 7) is 4.57. The molecule has 1 aromatic carbocycles. The molecule has 0 bridgehead atoms. The van der Waals surface area contributed by atoms with Crippen LogP contribution >= 0.6 is 11.6 Å². The average molecular weight is 268 g/mol. The minimum Gasteiger partial charge on any atom is -0.370 e. The zero-order chi connectivity index (χ0) is 13.7.